The van der Waals surface area contributed by atoms with Crippen LogP contribution in [0.4, 0.5) is 0 Å². The summed E-state index contributed by atoms with van der Waals surface area (Å²) in [4.78, 5) is 36.0. The van der Waals surface area contributed by atoms with Crippen LogP contribution in [0.25, 0.3) is 0 Å². The molecule has 7 aliphatic rings. The predicted molar refractivity (Wildman–Crippen MR) is 228 cm³/mol. The Morgan fingerprint density at radius 1 is 0.614 bits per heavy atom. The van der Waals surface area contributed by atoms with Crippen LogP contribution in [0, 0.1) is 17.8 Å². The fourth-order valence-electron chi connectivity index (χ4n) is 10.8. The fourth-order valence-corrected chi connectivity index (χ4v) is 10.8. The van der Waals surface area contributed by atoms with Gasteiger partial charge in [-0.2, -0.15) is 0 Å². The number of esters is 2. The number of hydrogen-bond donors (Lipinski definition) is 12. The molecule has 0 radical (unpaired) electrons. The van der Waals surface area contributed by atoms with E-state index < -0.39 is 185 Å². The molecular weight excluding hydrogens is 940 g/mol. The number of aliphatic carboxylic acids is 1. The summed E-state index contributed by atoms with van der Waals surface area (Å²) in [6, 6.07) is 0. The average molecular weight is 1010 g/mol. The van der Waals surface area contributed by atoms with Crippen LogP contribution in [0.3, 0.4) is 0 Å². The number of carbonyl (C=O) groups is 3. The molecule has 0 spiro atoms. The number of methoxy groups -OCH3 is 1. The van der Waals surface area contributed by atoms with Crippen LogP contribution in [-0.2, 0) is 57.0 Å². The summed E-state index contributed by atoms with van der Waals surface area (Å²) in [6.45, 7) is -1.77. The average Bonchev–Trinajstić information content (AvgIpc) is 3.32. The number of rotatable bonds is 16. The largest absolute Gasteiger partial charge is 0.481 e. The molecule has 25 nitrogen and oxygen atoms in total. The Hall–Kier alpha value is -2.61. The molecule has 25 heteroatoms. The third-order valence-electron chi connectivity index (χ3n) is 14.8. The molecule has 0 bridgehead atoms. The second kappa shape index (κ2) is 24.6. The van der Waals surface area contributed by atoms with Crippen molar-refractivity contribution >= 4 is 17.9 Å². The highest BCUT2D eigenvalue weighted by Gasteiger charge is 2.57. The minimum atomic E-state index is -1.88. The van der Waals surface area contributed by atoms with E-state index in [0.717, 1.165) is 0 Å². The van der Waals surface area contributed by atoms with Crippen molar-refractivity contribution in [2.45, 2.75) is 205 Å². The summed E-state index contributed by atoms with van der Waals surface area (Å²) in [5, 5.41) is 128. The first-order valence-corrected chi connectivity index (χ1v) is 24.1. The van der Waals surface area contributed by atoms with E-state index in [2.05, 4.69) is 0 Å². The minimum Gasteiger partial charge on any atom is -0.481 e. The van der Waals surface area contributed by atoms with Gasteiger partial charge in [0.25, 0.3) is 0 Å². The maximum atomic E-state index is 13.0. The van der Waals surface area contributed by atoms with Crippen molar-refractivity contribution in [3.8, 4) is 0 Å². The number of hydrogen-bond acceptors (Lipinski definition) is 23. The van der Waals surface area contributed by atoms with Gasteiger partial charge in [0.1, 0.15) is 92.9 Å². The number of aliphatic hydroxyl groups excluding tert-OH is 11. The van der Waals surface area contributed by atoms with E-state index in [0.29, 0.717) is 44.9 Å². The van der Waals surface area contributed by atoms with Crippen LogP contribution in [0.2, 0.25) is 0 Å². The summed E-state index contributed by atoms with van der Waals surface area (Å²) in [5.74, 6) is -4.32. The van der Waals surface area contributed by atoms with Crippen molar-refractivity contribution in [3.63, 3.8) is 0 Å². The van der Waals surface area contributed by atoms with Crippen molar-refractivity contribution in [2.75, 3.05) is 26.9 Å². The molecule has 7 fully saturated rings. The molecule has 7 rings (SSSR count). The normalized spacial score (nSPS) is 47.0. The van der Waals surface area contributed by atoms with Gasteiger partial charge in [0.2, 0.25) is 0 Å². The van der Waals surface area contributed by atoms with Crippen LogP contribution in [0.15, 0.2) is 12.2 Å². The van der Waals surface area contributed by atoms with Crippen LogP contribution < -0.4 is 0 Å². The predicted octanol–water partition coefficient (Wildman–Crippen LogP) is -4.88. The molecule has 4 saturated heterocycles. The number of ether oxygens (including phenoxy) is 10. The molecule has 23 unspecified atom stereocenters. The Kier molecular flexibility index (Phi) is 19.4. The van der Waals surface area contributed by atoms with E-state index in [1.54, 1.807) is 6.08 Å². The van der Waals surface area contributed by atoms with E-state index in [9.17, 15) is 70.6 Å². The van der Waals surface area contributed by atoms with Gasteiger partial charge >= 0.3 is 17.9 Å². The van der Waals surface area contributed by atoms with Gasteiger partial charge in [0.05, 0.1) is 43.0 Å². The zero-order valence-electron chi connectivity index (χ0n) is 38.7. The summed E-state index contributed by atoms with van der Waals surface area (Å²) in [7, 11) is 1.49. The highest BCUT2D eigenvalue weighted by Crippen LogP contribution is 2.44. The highest BCUT2D eigenvalue weighted by atomic mass is 16.8. The summed E-state index contributed by atoms with van der Waals surface area (Å²) in [5.41, 5.74) is 0. The molecule has 0 aromatic carbocycles. The van der Waals surface area contributed by atoms with Crippen LogP contribution in [0.1, 0.15) is 70.6 Å². The molecule has 400 valence electrons. The molecule has 4 aliphatic heterocycles. The first-order valence-electron chi connectivity index (χ1n) is 24.1. The Balaban J connectivity index is 1.12. The van der Waals surface area contributed by atoms with E-state index in [1.165, 1.54) is 13.2 Å². The van der Waals surface area contributed by atoms with Gasteiger partial charge < -0.3 is 109 Å². The lowest BCUT2D eigenvalue weighted by Gasteiger charge is -2.50. The number of carboxylic acid groups (broad SMARTS) is 1. The van der Waals surface area contributed by atoms with Gasteiger partial charge in [0.15, 0.2) is 31.1 Å². The van der Waals surface area contributed by atoms with E-state index in [4.69, 9.17) is 52.5 Å². The van der Waals surface area contributed by atoms with E-state index in [-0.39, 0.29) is 31.1 Å². The van der Waals surface area contributed by atoms with Crippen LogP contribution in [0.5, 0.6) is 0 Å². The van der Waals surface area contributed by atoms with Gasteiger partial charge in [-0.3, -0.25) is 9.59 Å². The molecule has 23 atom stereocenters. The molecule has 4 heterocycles. The third kappa shape index (κ3) is 13.4. The topological polar surface area (TPSA) is 390 Å². The second-order valence-electron chi connectivity index (χ2n) is 19.7. The van der Waals surface area contributed by atoms with Gasteiger partial charge in [-0.15, -0.1) is 0 Å². The van der Waals surface area contributed by atoms with Gasteiger partial charge in [-0.25, -0.2) is 4.79 Å². The molecule has 13 N–H and O–H groups in total. The van der Waals surface area contributed by atoms with Crippen LogP contribution in [-0.4, -0.2) is 246 Å². The summed E-state index contributed by atoms with van der Waals surface area (Å²) >= 11 is 0. The molecular formula is C45H71O25+. The zero-order chi connectivity index (χ0) is 50.6. The number of aliphatic hydroxyl groups is 13. The number of carboxylic acids is 1. The maximum Gasteiger partial charge on any atom is 0.330 e. The van der Waals surface area contributed by atoms with Gasteiger partial charge in [-0.05, 0) is 57.3 Å². The molecule has 70 heavy (non-hydrogen) atoms. The first-order chi connectivity index (χ1) is 33.3. The lowest BCUT2D eigenvalue weighted by molar-refractivity contribution is -0.385. The standard InChI is InChI=1S/C45H70O25/c1-61-27-10-18(2-8-23(27)48)3-9-32(52)62-16-30-36(56)38(58)42(70-43-39(59)34(54)24(49)15-64-43)45(69-30)67-28-13-22-25(65-41(28)19-4-6-20(46)7-5-19)11-21(47)12-26(22)66-44-40(60)37(57)35(55)29(68-44)17-63-33(53)14-31(50)51/h3,9,18-30,34-49,54-60H,2,4-8,10-17H2,1H3,(H,50,51)/p+1. The zero-order valence-corrected chi connectivity index (χ0v) is 38.7. The fraction of sp³-hybridized carbons (Fsp3) is 0.889. The third-order valence-corrected chi connectivity index (χ3v) is 14.8. The molecule has 0 amide bonds. The maximum absolute atomic E-state index is 13.0. The minimum absolute atomic E-state index is 0.0353. The van der Waals surface area contributed by atoms with E-state index in [1.807, 2.05) is 0 Å². The Morgan fingerprint density at radius 2 is 1.27 bits per heavy atom. The quantitative estimate of drug-likeness (QED) is 0.0298. The molecule has 0 aromatic rings. The molecule has 0 aromatic heterocycles. The van der Waals surface area contributed by atoms with Gasteiger partial charge in [-0.1, -0.05) is 6.08 Å². The number of allylic oxidation sites excluding steroid dienone is 1. The van der Waals surface area contributed by atoms with Crippen molar-refractivity contribution in [3.05, 3.63) is 12.2 Å². The number of carbonyl (C=O) groups excluding carboxylic acids is 2. The highest BCUT2D eigenvalue weighted by molar-refractivity contribution is 5.90. The van der Waals surface area contributed by atoms with Crippen molar-refractivity contribution < 1.29 is 123 Å². The Labute approximate surface area is 402 Å². The Morgan fingerprint density at radius 3 is 1.97 bits per heavy atom. The molecule has 3 saturated carbocycles. The Bertz CT molecular complexity index is 1730. The summed E-state index contributed by atoms with van der Waals surface area (Å²) in [6.07, 6.45) is -24.0. The second-order valence-corrected chi connectivity index (χ2v) is 19.7. The van der Waals surface area contributed by atoms with E-state index >= 15 is 0 Å². The number of fused-ring (bicyclic) bond motifs is 1. The molecule has 3 aliphatic carbocycles. The monoisotopic (exact) mass is 1010 g/mol. The van der Waals surface area contributed by atoms with Gasteiger partial charge in [0, 0.05) is 31.9 Å². The lowest BCUT2D eigenvalue weighted by Crippen LogP contribution is -2.65. The van der Waals surface area contributed by atoms with Crippen molar-refractivity contribution in [1.82, 2.24) is 0 Å². The van der Waals surface area contributed by atoms with Crippen molar-refractivity contribution in [2.24, 2.45) is 17.8 Å². The smallest absolute Gasteiger partial charge is 0.330 e. The lowest BCUT2D eigenvalue weighted by atomic mass is 9.73. The van der Waals surface area contributed by atoms with Crippen LogP contribution >= 0.6 is 0 Å². The van der Waals surface area contributed by atoms with Crippen molar-refractivity contribution in [1.29, 1.82) is 0 Å². The summed E-state index contributed by atoms with van der Waals surface area (Å²) < 4.78 is 57.6. The first kappa shape index (κ1) is 55.1. The SMILES string of the molecule is COC1CC(C=CC(=O)OCC2OC(OC3CC4C(OC5OC(COC(=O)CC(=O)O)C(O)C(O)C5O)CC(O)CC4[OH+]C3C3CCC(O)CC3)C(OC3OCC(O)C(O)C3O)C(O)C2O)CCC1O.